The van der Waals surface area contributed by atoms with E-state index in [0.29, 0.717) is 30.4 Å². The maximum absolute atomic E-state index is 14.0. The average molecular weight is 951 g/mol. The van der Waals surface area contributed by atoms with Crippen LogP contribution in [-0.4, -0.2) is 143 Å². The summed E-state index contributed by atoms with van der Waals surface area (Å²) >= 11 is 0. The number of amides is 8. The van der Waals surface area contributed by atoms with Crippen LogP contribution >= 0.6 is 0 Å². The molecular formula is C45H66N12O11. The molecule has 3 rings (SSSR count). The molecule has 2 aromatic rings. The number of carbonyl (C=O) groups excluding carboxylic acids is 8. The standard InChI is InChI=1S/C45H66N12O11/c1-5-25(2)37(46)43(66)51-24-36(60)57-20-10-14-34(57)42(65)50-23-35(59)54-31(13-9-19-49-45(47)48)39(62)52-26(3)38(61)55-33(21-28-11-7-6-8-12-28)41(64)56-32(40(63)53-27(4)44(67)68)22-29-15-17-30(58)18-16-29/h6-8,11-12,15-18,25-27,31-34,37,58H,5,9-10,13-14,19-24,46H2,1-4H3,(H,50,65)(H,51,66)(H,52,62)(H,53,63)(H,54,59)(H,55,61)(H,56,64)(H,67,68)(H4,47,48,49)/t25-,26-,27-,31-,32-,33-,34-,37-/m0/s1. The number of nitrogens with two attached hydrogens (primary N) is 3. The third kappa shape index (κ3) is 18.2. The first-order valence-corrected chi connectivity index (χ1v) is 22.4. The van der Waals surface area contributed by atoms with Crippen LogP contribution in [0, 0.1) is 5.92 Å². The number of aliphatic carboxylic acids is 1. The van der Waals surface area contributed by atoms with Gasteiger partial charge < -0.3 is 69.5 Å². The molecule has 1 aliphatic heterocycles. The van der Waals surface area contributed by atoms with Crippen molar-refractivity contribution in [3.8, 4) is 5.75 Å². The number of carboxylic acids is 1. The number of phenols is 1. The molecule has 1 fully saturated rings. The molecule has 0 radical (unpaired) electrons. The zero-order chi connectivity index (χ0) is 50.5. The number of aromatic hydroxyl groups is 1. The number of hydrogen-bond donors (Lipinski definition) is 12. The van der Waals surface area contributed by atoms with E-state index in [0.717, 1.165) is 0 Å². The lowest BCUT2D eigenvalue weighted by Crippen LogP contribution is -2.59. The number of hydrogen-bond acceptors (Lipinski definition) is 12. The van der Waals surface area contributed by atoms with E-state index < -0.39 is 102 Å². The fourth-order valence-electron chi connectivity index (χ4n) is 7.00. The van der Waals surface area contributed by atoms with E-state index in [4.69, 9.17) is 17.2 Å². The van der Waals surface area contributed by atoms with E-state index in [1.807, 2.05) is 13.8 Å². The first-order chi connectivity index (χ1) is 32.2. The molecule has 1 heterocycles. The second-order valence-corrected chi connectivity index (χ2v) is 16.6. The van der Waals surface area contributed by atoms with Gasteiger partial charge in [0.15, 0.2) is 5.96 Å². The quantitative estimate of drug-likeness (QED) is 0.0261. The Balaban J connectivity index is 1.71. The number of aliphatic imine (C=N–C) groups is 1. The summed E-state index contributed by atoms with van der Waals surface area (Å²) in [5.41, 5.74) is 18.0. The first kappa shape index (κ1) is 55.0. The highest BCUT2D eigenvalue weighted by Gasteiger charge is 2.35. The van der Waals surface area contributed by atoms with Crippen LogP contribution in [0.4, 0.5) is 0 Å². The van der Waals surface area contributed by atoms with Gasteiger partial charge >= 0.3 is 5.97 Å². The average Bonchev–Trinajstić information content (AvgIpc) is 3.81. The van der Waals surface area contributed by atoms with Crippen LogP contribution in [0.25, 0.3) is 0 Å². The van der Waals surface area contributed by atoms with Crippen molar-refractivity contribution < 1.29 is 53.4 Å². The van der Waals surface area contributed by atoms with Gasteiger partial charge in [-0.3, -0.25) is 48.1 Å². The number of likely N-dealkylation sites (tertiary alicyclic amines) is 1. The smallest absolute Gasteiger partial charge is 0.325 e. The van der Waals surface area contributed by atoms with Crippen molar-refractivity contribution in [2.45, 2.75) is 115 Å². The summed E-state index contributed by atoms with van der Waals surface area (Å²) in [5.74, 6) is -7.30. The fraction of sp³-hybridized carbons (Fsp3) is 0.511. The van der Waals surface area contributed by atoms with E-state index in [2.05, 4.69) is 42.2 Å². The molecule has 372 valence electrons. The minimum Gasteiger partial charge on any atom is -0.508 e. The Morgan fingerprint density at radius 2 is 1.29 bits per heavy atom. The van der Waals surface area contributed by atoms with Gasteiger partial charge in [0, 0.05) is 25.9 Å². The zero-order valence-electron chi connectivity index (χ0n) is 38.8. The minimum absolute atomic E-state index is 0.0159. The number of carbonyl (C=O) groups is 9. The third-order valence-electron chi connectivity index (χ3n) is 11.3. The van der Waals surface area contributed by atoms with Crippen molar-refractivity contribution in [1.82, 2.24) is 42.1 Å². The molecule has 1 saturated heterocycles. The van der Waals surface area contributed by atoms with Crippen molar-refractivity contribution in [2.24, 2.45) is 28.1 Å². The molecule has 23 heteroatoms. The normalized spacial score (nSPS) is 16.2. The van der Waals surface area contributed by atoms with Crippen molar-refractivity contribution in [2.75, 3.05) is 26.2 Å². The van der Waals surface area contributed by atoms with Crippen LogP contribution in [-0.2, 0) is 56.0 Å². The van der Waals surface area contributed by atoms with E-state index in [-0.39, 0.29) is 62.9 Å². The van der Waals surface area contributed by atoms with Gasteiger partial charge in [0.2, 0.25) is 47.3 Å². The Labute approximate surface area is 394 Å². The van der Waals surface area contributed by atoms with Gasteiger partial charge in [-0.15, -0.1) is 0 Å². The molecule has 8 amide bonds. The molecule has 0 aromatic heterocycles. The highest BCUT2D eigenvalue weighted by Crippen LogP contribution is 2.18. The Kier molecular flexibility index (Phi) is 22.1. The maximum atomic E-state index is 14.0. The second kappa shape index (κ2) is 27.4. The van der Waals surface area contributed by atoms with Gasteiger partial charge in [-0.25, -0.2) is 0 Å². The number of phenolic OH excluding ortho intramolecular Hbond substituents is 1. The van der Waals surface area contributed by atoms with Crippen LogP contribution in [0.15, 0.2) is 59.6 Å². The summed E-state index contributed by atoms with van der Waals surface area (Å²) < 4.78 is 0. The number of nitrogens with one attached hydrogen (secondary N) is 7. The molecule has 8 atom stereocenters. The first-order valence-electron chi connectivity index (χ1n) is 22.4. The van der Waals surface area contributed by atoms with E-state index >= 15 is 0 Å². The Morgan fingerprint density at radius 1 is 0.721 bits per heavy atom. The van der Waals surface area contributed by atoms with Crippen molar-refractivity contribution in [1.29, 1.82) is 0 Å². The maximum Gasteiger partial charge on any atom is 0.325 e. The number of benzene rings is 2. The predicted molar refractivity (Wildman–Crippen MR) is 249 cm³/mol. The lowest BCUT2D eigenvalue weighted by Gasteiger charge is -2.26. The fourth-order valence-corrected chi connectivity index (χ4v) is 7.00. The molecule has 0 spiro atoms. The van der Waals surface area contributed by atoms with E-state index in [9.17, 15) is 53.4 Å². The molecule has 23 nitrogen and oxygen atoms in total. The van der Waals surface area contributed by atoms with Gasteiger partial charge in [-0.05, 0) is 68.7 Å². The van der Waals surface area contributed by atoms with Crippen LogP contribution in [0.2, 0.25) is 0 Å². The van der Waals surface area contributed by atoms with Crippen LogP contribution < -0.4 is 54.4 Å². The molecule has 0 bridgehead atoms. The summed E-state index contributed by atoms with van der Waals surface area (Å²) in [6, 6.07) is 6.16. The van der Waals surface area contributed by atoms with Crippen molar-refractivity contribution >= 4 is 59.2 Å². The SMILES string of the molecule is CC[C@H](C)[C@H](N)C(=O)NCC(=O)N1CCC[C@H]1C(=O)NCC(=O)N[C@@H](CCCN=C(N)N)C(=O)N[C@@H](C)C(=O)N[C@@H](Cc1ccccc1)C(=O)N[C@@H](Cc1ccc(O)cc1)C(=O)N[C@@H](C)C(=O)O. The lowest BCUT2D eigenvalue weighted by molar-refractivity contribution is -0.141. The summed E-state index contributed by atoms with van der Waals surface area (Å²) in [6.45, 7) is 5.70. The Morgan fingerprint density at radius 3 is 1.90 bits per heavy atom. The highest BCUT2D eigenvalue weighted by molar-refractivity contribution is 5.97. The molecule has 2 aromatic carbocycles. The summed E-state index contributed by atoms with van der Waals surface area (Å²) in [4.78, 5) is 123. The molecule has 0 aliphatic carbocycles. The molecule has 15 N–H and O–H groups in total. The Hall–Kier alpha value is -7.30. The molecular weight excluding hydrogens is 885 g/mol. The lowest BCUT2D eigenvalue weighted by atomic mass is 9.99. The van der Waals surface area contributed by atoms with Crippen molar-refractivity contribution in [3.63, 3.8) is 0 Å². The minimum atomic E-state index is -1.33. The number of carboxylic acid groups (broad SMARTS) is 1. The topological polar surface area (TPSA) is 372 Å². The van der Waals surface area contributed by atoms with Gasteiger partial charge in [0.05, 0.1) is 19.1 Å². The largest absolute Gasteiger partial charge is 0.508 e. The number of guanidine groups is 1. The molecule has 68 heavy (non-hydrogen) atoms. The number of rotatable bonds is 26. The van der Waals surface area contributed by atoms with Gasteiger partial charge in [-0.1, -0.05) is 62.7 Å². The predicted octanol–water partition coefficient (Wildman–Crippen LogP) is -2.62. The van der Waals surface area contributed by atoms with Crippen LogP contribution in [0.1, 0.15) is 70.9 Å². The molecule has 0 saturated carbocycles. The summed E-state index contributed by atoms with van der Waals surface area (Å²) in [6.07, 6.45) is 1.48. The zero-order valence-corrected chi connectivity index (χ0v) is 38.8. The van der Waals surface area contributed by atoms with Crippen LogP contribution in [0.3, 0.4) is 0 Å². The Bertz CT molecular complexity index is 2100. The molecule has 0 unspecified atom stereocenters. The van der Waals surface area contributed by atoms with Crippen LogP contribution in [0.5, 0.6) is 5.75 Å². The van der Waals surface area contributed by atoms with Gasteiger partial charge in [-0.2, -0.15) is 0 Å². The van der Waals surface area contributed by atoms with E-state index in [1.165, 1.54) is 43.0 Å². The summed E-state index contributed by atoms with van der Waals surface area (Å²) in [5, 5.41) is 36.9. The van der Waals surface area contributed by atoms with Gasteiger partial charge in [0.1, 0.15) is 42.0 Å². The monoisotopic (exact) mass is 950 g/mol. The summed E-state index contributed by atoms with van der Waals surface area (Å²) in [7, 11) is 0. The van der Waals surface area contributed by atoms with E-state index in [1.54, 1.807) is 30.3 Å². The second-order valence-electron chi connectivity index (χ2n) is 16.6. The highest BCUT2D eigenvalue weighted by atomic mass is 16.4. The van der Waals surface area contributed by atoms with Gasteiger partial charge in [0.25, 0.3) is 0 Å². The molecule has 1 aliphatic rings. The van der Waals surface area contributed by atoms with Crippen molar-refractivity contribution in [3.05, 3.63) is 65.7 Å². The third-order valence-corrected chi connectivity index (χ3v) is 11.3. The number of nitrogens with zero attached hydrogens (tertiary/aromatic N) is 2.